The van der Waals surface area contributed by atoms with Crippen LogP contribution in [0.3, 0.4) is 0 Å². The van der Waals surface area contributed by atoms with Gasteiger partial charge in [0.25, 0.3) is 0 Å². The Labute approximate surface area is 168 Å². The number of nitrogens with zero attached hydrogens (tertiary/aromatic N) is 2. The van der Waals surface area contributed by atoms with Crippen LogP contribution in [0, 0.1) is 0 Å². The molecule has 3 aromatic carbocycles. The summed E-state index contributed by atoms with van der Waals surface area (Å²) in [5, 5.41) is 0.900. The summed E-state index contributed by atoms with van der Waals surface area (Å²) in [7, 11) is 1.60. The van der Waals surface area contributed by atoms with Gasteiger partial charge in [-0.05, 0) is 36.4 Å². The minimum Gasteiger partial charge on any atom is -0.497 e. The molecule has 0 radical (unpaired) electrons. The molecule has 1 aliphatic rings. The SMILES string of the molecule is COc1ccc2c3c(c(=O)oc2c1)CN(c1ccccc1)CN3c1ccccc1. The third kappa shape index (κ3) is 3.01. The number of ether oxygens (including phenoxy) is 1. The third-order valence-electron chi connectivity index (χ3n) is 5.30. The van der Waals surface area contributed by atoms with E-state index in [1.807, 2.05) is 48.5 Å². The highest BCUT2D eigenvalue weighted by atomic mass is 16.5. The average Bonchev–Trinajstić information content (AvgIpc) is 2.79. The van der Waals surface area contributed by atoms with Crippen molar-refractivity contribution in [2.24, 2.45) is 0 Å². The number of hydrogen-bond donors (Lipinski definition) is 0. The van der Waals surface area contributed by atoms with E-state index in [2.05, 4.69) is 34.1 Å². The van der Waals surface area contributed by atoms with Crippen molar-refractivity contribution in [3.05, 3.63) is 94.8 Å². The van der Waals surface area contributed by atoms with Crippen LogP contribution in [0.2, 0.25) is 0 Å². The van der Waals surface area contributed by atoms with Crippen LogP contribution >= 0.6 is 0 Å². The van der Waals surface area contributed by atoms with Crippen molar-refractivity contribution in [3.63, 3.8) is 0 Å². The van der Waals surface area contributed by atoms with Crippen molar-refractivity contribution in [2.75, 3.05) is 23.6 Å². The maximum absolute atomic E-state index is 13.0. The lowest BCUT2D eigenvalue weighted by molar-refractivity contribution is 0.414. The van der Waals surface area contributed by atoms with E-state index in [4.69, 9.17) is 9.15 Å². The van der Waals surface area contributed by atoms with Crippen molar-refractivity contribution in [3.8, 4) is 5.75 Å². The van der Waals surface area contributed by atoms with Gasteiger partial charge in [0.15, 0.2) is 0 Å². The van der Waals surface area contributed by atoms with Crippen molar-refractivity contribution < 1.29 is 9.15 Å². The zero-order valence-corrected chi connectivity index (χ0v) is 16.0. The maximum atomic E-state index is 13.0. The second-order valence-corrected chi connectivity index (χ2v) is 7.02. The molecule has 0 saturated heterocycles. The smallest absolute Gasteiger partial charge is 0.343 e. The fourth-order valence-corrected chi connectivity index (χ4v) is 3.89. The normalized spacial score (nSPS) is 13.4. The van der Waals surface area contributed by atoms with E-state index >= 15 is 0 Å². The summed E-state index contributed by atoms with van der Waals surface area (Å²) in [6.07, 6.45) is 0. The first kappa shape index (κ1) is 17.4. The standard InChI is InChI=1S/C24H20N2O3/c1-28-19-12-13-20-22(14-19)29-24(27)21-15-25(17-8-4-2-5-9-17)16-26(23(20)21)18-10-6-3-7-11-18/h2-14H,15-16H2,1H3. The number of methoxy groups -OCH3 is 1. The zero-order valence-electron chi connectivity index (χ0n) is 16.0. The van der Waals surface area contributed by atoms with Crippen LogP contribution in [0.4, 0.5) is 17.1 Å². The third-order valence-corrected chi connectivity index (χ3v) is 5.30. The van der Waals surface area contributed by atoms with Gasteiger partial charge in [-0.25, -0.2) is 4.79 Å². The lowest BCUT2D eigenvalue weighted by Gasteiger charge is -2.39. The lowest BCUT2D eigenvalue weighted by Crippen LogP contribution is -2.42. The zero-order chi connectivity index (χ0) is 19.8. The molecular weight excluding hydrogens is 364 g/mol. The molecule has 0 N–H and O–H groups in total. The molecule has 0 bridgehead atoms. The van der Waals surface area contributed by atoms with Crippen molar-refractivity contribution in [1.82, 2.24) is 0 Å². The summed E-state index contributed by atoms with van der Waals surface area (Å²) in [5.74, 6) is 0.661. The summed E-state index contributed by atoms with van der Waals surface area (Å²) >= 11 is 0. The molecule has 0 unspecified atom stereocenters. The molecule has 1 aliphatic heterocycles. The number of anilines is 3. The molecule has 29 heavy (non-hydrogen) atoms. The summed E-state index contributed by atoms with van der Waals surface area (Å²) in [5.41, 5.74) is 3.86. The second kappa shape index (κ2) is 7.02. The molecule has 0 amide bonds. The van der Waals surface area contributed by atoms with Crippen molar-refractivity contribution in [2.45, 2.75) is 6.54 Å². The minimum absolute atomic E-state index is 0.317. The number of fused-ring (bicyclic) bond motifs is 3. The fraction of sp³-hybridized carbons (Fsp3) is 0.125. The minimum atomic E-state index is -0.317. The Kier molecular flexibility index (Phi) is 4.21. The van der Waals surface area contributed by atoms with Gasteiger partial charge in [0, 0.05) is 22.8 Å². The van der Waals surface area contributed by atoms with Gasteiger partial charge in [-0.3, -0.25) is 0 Å². The van der Waals surface area contributed by atoms with E-state index in [0.29, 0.717) is 30.1 Å². The highest BCUT2D eigenvalue weighted by Gasteiger charge is 2.29. The number of hydrogen-bond acceptors (Lipinski definition) is 5. The molecule has 0 spiro atoms. The number of rotatable bonds is 3. The Balaban J connectivity index is 1.75. The molecule has 144 valence electrons. The predicted molar refractivity (Wildman–Crippen MR) is 115 cm³/mol. The van der Waals surface area contributed by atoms with Gasteiger partial charge in [0.05, 0.1) is 31.6 Å². The van der Waals surface area contributed by atoms with E-state index in [1.165, 1.54) is 0 Å². The highest BCUT2D eigenvalue weighted by molar-refractivity contribution is 5.95. The fourth-order valence-electron chi connectivity index (χ4n) is 3.89. The van der Waals surface area contributed by atoms with Gasteiger partial charge >= 0.3 is 5.63 Å². The van der Waals surface area contributed by atoms with Gasteiger partial charge in [-0.1, -0.05) is 36.4 Å². The van der Waals surface area contributed by atoms with E-state index in [9.17, 15) is 4.79 Å². The van der Waals surface area contributed by atoms with E-state index in [0.717, 1.165) is 22.4 Å². The summed E-state index contributed by atoms with van der Waals surface area (Å²) in [6.45, 7) is 1.12. The second-order valence-electron chi connectivity index (χ2n) is 7.02. The molecule has 5 nitrogen and oxygen atoms in total. The van der Waals surface area contributed by atoms with Crippen LogP contribution in [0.1, 0.15) is 5.56 Å². The van der Waals surface area contributed by atoms with Crippen LogP contribution in [-0.4, -0.2) is 13.8 Å². The van der Waals surface area contributed by atoms with Crippen LogP contribution in [0.25, 0.3) is 11.0 Å². The van der Waals surface area contributed by atoms with E-state index in [1.54, 1.807) is 13.2 Å². The number of para-hydroxylation sites is 2. The van der Waals surface area contributed by atoms with Crippen LogP contribution < -0.4 is 20.2 Å². The lowest BCUT2D eigenvalue weighted by atomic mass is 10.0. The van der Waals surface area contributed by atoms with E-state index < -0.39 is 0 Å². The summed E-state index contributed by atoms with van der Waals surface area (Å²) in [4.78, 5) is 17.3. The maximum Gasteiger partial charge on any atom is 0.343 e. The van der Waals surface area contributed by atoms with Crippen LogP contribution in [-0.2, 0) is 6.54 Å². The van der Waals surface area contributed by atoms with Crippen LogP contribution in [0.5, 0.6) is 5.75 Å². The largest absolute Gasteiger partial charge is 0.497 e. The molecule has 2 heterocycles. The molecule has 1 aromatic heterocycles. The summed E-state index contributed by atoms with van der Waals surface area (Å²) < 4.78 is 11.0. The topological polar surface area (TPSA) is 45.9 Å². The van der Waals surface area contributed by atoms with Crippen molar-refractivity contribution >= 4 is 28.0 Å². The molecule has 5 rings (SSSR count). The molecule has 0 fully saturated rings. The Hall–Kier alpha value is -3.73. The molecule has 0 atom stereocenters. The molecular formula is C24H20N2O3. The first-order valence-corrected chi connectivity index (χ1v) is 9.51. The number of benzene rings is 3. The Bertz CT molecular complexity index is 1220. The van der Waals surface area contributed by atoms with E-state index in [-0.39, 0.29) is 5.63 Å². The Morgan fingerprint density at radius 3 is 2.28 bits per heavy atom. The van der Waals surface area contributed by atoms with Gasteiger partial charge in [-0.15, -0.1) is 0 Å². The van der Waals surface area contributed by atoms with Gasteiger partial charge in [0.2, 0.25) is 0 Å². The monoisotopic (exact) mass is 384 g/mol. The van der Waals surface area contributed by atoms with Gasteiger partial charge in [-0.2, -0.15) is 0 Å². The first-order valence-electron chi connectivity index (χ1n) is 9.51. The molecule has 0 saturated carbocycles. The van der Waals surface area contributed by atoms with Gasteiger partial charge < -0.3 is 19.0 Å². The van der Waals surface area contributed by atoms with Crippen LogP contribution in [0.15, 0.2) is 88.1 Å². The first-order chi connectivity index (χ1) is 14.2. The average molecular weight is 384 g/mol. The predicted octanol–water partition coefficient (Wildman–Crippen LogP) is 4.92. The quantitative estimate of drug-likeness (QED) is 0.469. The Morgan fingerprint density at radius 2 is 1.59 bits per heavy atom. The highest BCUT2D eigenvalue weighted by Crippen LogP contribution is 2.39. The molecule has 0 aliphatic carbocycles. The summed E-state index contributed by atoms with van der Waals surface area (Å²) in [6, 6.07) is 25.9. The Morgan fingerprint density at radius 1 is 0.897 bits per heavy atom. The van der Waals surface area contributed by atoms with Gasteiger partial charge in [0.1, 0.15) is 11.3 Å². The molecule has 5 heteroatoms. The van der Waals surface area contributed by atoms with Crippen molar-refractivity contribution in [1.29, 1.82) is 0 Å². The molecule has 4 aromatic rings.